The number of rotatable bonds is 5. The van der Waals surface area contributed by atoms with E-state index >= 15 is 0 Å². The van der Waals surface area contributed by atoms with Crippen LogP contribution >= 0.6 is 0 Å². The third-order valence-corrected chi connectivity index (χ3v) is 4.60. The number of benzene rings is 1. The molecule has 2 aromatic rings. The largest absolute Gasteiger partial charge is 0.446 e. The molecule has 7 nitrogen and oxygen atoms in total. The highest BCUT2D eigenvalue weighted by molar-refractivity contribution is 5.92. The monoisotopic (exact) mass is 356 g/mol. The highest BCUT2D eigenvalue weighted by Crippen LogP contribution is 2.21. The summed E-state index contributed by atoms with van der Waals surface area (Å²) in [4.78, 5) is 23.5. The van der Waals surface area contributed by atoms with Crippen LogP contribution in [0.1, 0.15) is 47.4 Å². The molecule has 0 spiro atoms. The molecular weight excluding hydrogens is 332 g/mol. The summed E-state index contributed by atoms with van der Waals surface area (Å²) in [5.74, 6) is -0.124. The minimum absolute atomic E-state index is 0.0654. The number of nitrogens with one attached hydrogen (secondary N) is 1. The van der Waals surface area contributed by atoms with Gasteiger partial charge in [0.05, 0.1) is 12.2 Å². The molecule has 1 heterocycles. The molecule has 0 aliphatic heterocycles. The first-order chi connectivity index (χ1) is 12.5. The van der Waals surface area contributed by atoms with Crippen molar-refractivity contribution >= 4 is 12.0 Å². The number of aromatic nitrogens is 2. The molecule has 0 atom stereocenters. The van der Waals surface area contributed by atoms with E-state index in [1.807, 2.05) is 37.3 Å². The van der Waals surface area contributed by atoms with E-state index in [4.69, 9.17) is 10.5 Å². The molecule has 7 heteroatoms. The first-order valence-corrected chi connectivity index (χ1v) is 8.86. The zero-order valence-electron chi connectivity index (χ0n) is 14.9. The number of hydrogen-bond donors (Lipinski definition) is 2. The number of amides is 2. The van der Waals surface area contributed by atoms with Gasteiger partial charge >= 0.3 is 6.09 Å². The second kappa shape index (κ2) is 8.03. The van der Waals surface area contributed by atoms with Crippen LogP contribution in [0.3, 0.4) is 0 Å². The van der Waals surface area contributed by atoms with Crippen molar-refractivity contribution in [2.75, 3.05) is 0 Å². The van der Waals surface area contributed by atoms with Crippen molar-refractivity contribution in [2.45, 2.75) is 51.3 Å². The van der Waals surface area contributed by atoms with Crippen molar-refractivity contribution in [3.63, 3.8) is 0 Å². The van der Waals surface area contributed by atoms with Crippen molar-refractivity contribution in [3.05, 3.63) is 53.3 Å². The van der Waals surface area contributed by atoms with E-state index in [1.165, 1.54) is 0 Å². The minimum atomic E-state index is -0.738. The van der Waals surface area contributed by atoms with Crippen LogP contribution in [0.25, 0.3) is 0 Å². The number of ether oxygens (including phenoxy) is 1. The second-order valence-corrected chi connectivity index (χ2v) is 6.70. The zero-order valence-corrected chi connectivity index (χ0v) is 14.9. The number of aryl methyl sites for hydroxylation is 1. The molecule has 0 unspecified atom stereocenters. The number of carbonyl (C=O) groups excluding carboxylic acids is 2. The van der Waals surface area contributed by atoms with Gasteiger partial charge in [-0.05, 0) is 44.2 Å². The van der Waals surface area contributed by atoms with Gasteiger partial charge in [0.15, 0.2) is 0 Å². The Morgan fingerprint density at radius 2 is 1.92 bits per heavy atom. The molecule has 0 radical (unpaired) electrons. The van der Waals surface area contributed by atoms with Gasteiger partial charge in [-0.25, -0.2) is 4.79 Å². The van der Waals surface area contributed by atoms with Crippen molar-refractivity contribution in [1.82, 2.24) is 15.1 Å². The fourth-order valence-corrected chi connectivity index (χ4v) is 3.35. The molecule has 3 N–H and O–H groups in total. The predicted octanol–water partition coefficient (Wildman–Crippen LogP) is 2.38. The summed E-state index contributed by atoms with van der Waals surface area (Å²) < 4.78 is 6.77. The number of hydrogen-bond acceptors (Lipinski definition) is 4. The summed E-state index contributed by atoms with van der Waals surface area (Å²) in [6.07, 6.45) is 2.04. The Morgan fingerprint density at radius 3 is 2.58 bits per heavy atom. The molecule has 0 saturated heterocycles. The van der Waals surface area contributed by atoms with E-state index in [1.54, 1.807) is 10.7 Å². The Labute approximate surface area is 152 Å². The average molecular weight is 356 g/mol. The van der Waals surface area contributed by atoms with Crippen molar-refractivity contribution in [2.24, 2.45) is 5.73 Å². The van der Waals surface area contributed by atoms with Crippen molar-refractivity contribution in [3.8, 4) is 0 Å². The first-order valence-electron chi connectivity index (χ1n) is 8.86. The van der Waals surface area contributed by atoms with Crippen molar-refractivity contribution in [1.29, 1.82) is 0 Å². The van der Waals surface area contributed by atoms with Gasteiger partial charge in [0.1, 0.15) is 11.8 Å². The Bertz CT molecular complexity index is 764. The molecule has 0 bridgehead atoms. The lowest BCUT2D eigenvalue weighted by molar-refractivity contribution is 0.0707. The number of primary amides is 1. The molecule has 3 rings (SSSR count). The maximum Gasteiger partial charge on any atom is 0.404 e. The molecular formula is C19H24N4O3. The Kier molecular flexibility index (Phi) is 5.55. The van der Waals surface area contributed by atoms with Gasteiger partial charge in [-0.15, -0.1) is 0 Å². The average Bonchev–Trinajstić information content (AvgIpc) is 2.97. The van der Waals surface area contributed by atoms with Gasteiger partial charge in [-0.2, -0.15) is 5.10 Å². The van der Waals surface area contributed by atoms with Gasteiger partial charge in [0, 0.05) is 6.04 Å². The Balaban J connectivity index is 1.61. The Morgan fingerprint density at radius 1 is 1.23 bits per heavy atom. The fourth-order valence-electron chi connectivity index (χ4n) is 3.35. The lowest BCUT2D eigenvalue weighted by Gasteiger charge is -2.28. The van der Waals surface area contributed by atoms with Crippen molar-refractivity contribution < 1.29 is 14.3 Å². The second-order valence-electron chi connectivity index (χ2n) is 6.70. The quantitative estimate of drug-likeness (QED) is 0.859. The summed E-state index contributed by atoms with van der Waals surface area (Å²) in [7, 11) is 0. The minimum Gasteiger partial charge on any atom is -0.446 e. The smallest absolute Gasteiger partial charge is 0.404 e. The Hall–Kier alpha value is -2.83. The molecule has 1 aliphatic carbocycles. The molecule has 138 valence electrons. The van der Waals surface area contributed by atoms with E-state index in [9.17, 15) is 9.59 Å². The maximum atomic E-state index is 12.7. The zero-order chi connectivity index (χ0) is 18.5. The third-order valence-electron chi connectivity index (χ3n) is 4.60. The van der Waals surface area contributed by atoms with Gasteiger partial charge in [0.25, 0.3) is 5.91 Å². The SMILES string of the molecule is Cc1cc(C(=O)NC2CCC(OC(N)=O)CC2)n(Cc2ccccc2)n1. The topological polar surface area (TPSA) is 99.2 Å². The standard InChI is InChI=1S/C19H24N4O3/c1-13-11-17(23(22-13)12-14-5-3-2-4-6-14)18(24)21-15-7-9-16(10-8-15)26-19(20)25/h2-6,11,15-16H,7-10,12H2,1H3,(H2,20,25)(H,21,24). The third kappa shape index (κ3) is 4.62. The highest BCUT2D eigenvalue weighted by atomic mass is 16.6. The van der Waals surface area contributed by atoms with Crippen LogP contribution in [0, 0.1) is 6.92 Å². The van der Waals surface area contributed by atoms with Crippen LogP contribution in [0.5, 0.6) is 0 Å². The molecule has 1 aromatic carbocycles. The molecule has 1 saturated carbocycles. The summed E-state index contributed by atoms with van der Waals surface area (Å²) in [5.41, 5.74) is 7.51. The number of nitrogens with two attached hydrogens (primary N) is 1. The fraction of sp³-hybridized carbons (Fsp3) is 0.421. The van der Waals surface area contributed by atoms with E-state index in [-0.39, 0.29) is 18.1 Å². The summed E-state index contributed by atoms with van der Waals surface area (Å²) in [5, 5.41) is 7.53. The van der Waals surface area contributed by atoms with Gasteiger partial charge in [-0.3, -0.25) is 9.48 Å². The molecule has 2 amide bonds. The van der Waals surface area contributed by atoms with Gasteiger partial charge in [0.2, 0.25) is 0 Å². The van der Waals surface area contributed by atoms with Crippen LogP contribution in [-0.2, 0) is 11.3 Å². The number of carbonyl (C=O) groups is 2. The van der Waals surface area contributed by atoms with Gasteiger partial charge < -0.3 is 15.8 Å². The van der Waals surface area contributed by atoms with Gasteiger partial charge in [-0.1, -0.05) is 30.3 Å². The van der Waals surface area contributed by atoms with E-state index < -0.39 is 6.09 Å². The van der Waals surface area contributed by atoms with E-state index in [0.29, 0.717) is 25.1 Å². The molecule has 1 fully saturated rings. The summed E-state index contributed by atoms with van der Waals surface area (Å²) in [6.45, 7) is 2.43. The first kappa shape index (κ1) is 18.0. The van der Waals surface area contributed by atoms with Crippen LogP contribution in [0.15, 0.2) is 36.4 Å². The van der Waals surface area contributed by atoms with Crippen LogP contribution in [0.4, 0.5) is 4.79 Å². The maximum absolute atomic E-state index is 12.7. The van der Waals surface area contributed by atoms with E-state index in [2.05, 4.69) is 10.4 Å². The van der Waals surface area contributed by atoms with E-state index in [0.717, 1.165) is 24.1 Å². The normalized spacial score (nSPS) is 19.7. The summed E-state index contributed by atoms with van der Waals surface area (Å²) in [6, 6.07) is 11.8. The predicted molar refractivity (Wildman–Crippen MR) is 96.7 cm³/mol. The van der Waals surface area contributed by atoms with Crippen LogP contribution in [0.2, 0.25) is 0 Å². The molecule has 1 aliphatic rings. The lowest BCUT2D eigenvalue weighted by atomic mass is 9.93. The lowest BCUT2D eigenvalue weighted by Crippen LogP contribution is -2.40. The van der Waals surface area contributed by atoms with Crippen LogP contribution < -0.4 is 11.1 Å². The molecule has 1 aromatic heterocycles. The highest BCUT2D eigenvalue weighted by Gasteiger charge is 2.25. The molecule has 26 heavy (non-hydrogen) atoms. The summed E-state index contributed by atoms with van der Waals surface area (Å²) >= 11 is 0. The number of nitrogens with zero attached hydrogens (tertiary/aromatic N) is 2. The van der Waals surface area contributed by atoms with Crippen LogP contribution in [-0.4, -0.2) is 33.9 Å².